The molecule has 7 nitrogen and oxygen atoms in total. The molecule has 3 N–H and O–H groups in total. The summed E-state index contributed by atoms with van der Waals surface area (Å²) >= 11 is 1.11. The van der Waals surface area contributed by atoms with Crippen LogP contribution in [0.25, 0.3) is 0 Å². The molecule has 0 spiro atoms. The van der Waals surface area contributed by atoms with E-state index in [0.29, 0.717) is 17.1 Å². The van der Waals surface area contributed by atoms with Crippen molar-refractivity contribution in [3.63, 3.8) is 0 Å². The maximum absolute atomic E-state index is 12.9. The summed E-state index contributed by atoms with van der Waals surface area (Å²) < 4.78 is 17.9. The molecule has 138 valence electrons. The lowest BCUT2D eigenvalue weighted by Gasteiger charge is -2.05. The van der Waals surface area contributed by atoms with E-state index in [2.05, 4.69) is 20.9 Å². The van der Waals surface area contributed by atoms with Gasteiger partial charge in [0.15, 0.2) is 5.13 Å². The number of carbonyl (C=O) groups is 2. The van der Waals surface area contributed by atoms with E-state index in [-0.39, 0.29) is 10.8 Å². The van der Waals surface area contributed by atoms with Crippen LogP contribution in [0.1, 0.15) is 10.5 Å². The van der Waals surface area contributed by atoms with Gasteiger partial charge in [-0.25, -0.2) is 14.2 Å². The molecule has 0 radical (unpaired) electrons. The summed E-state index contributed by atoms with van der Waals surface area (Å²) in [6.07, 6.45) is 0. The average Bonchev–Trinajstić information content (AvgIpc) is 3.13. The summed E-state index contributed by atoms with van der Waals surface area (Å²) in [5.41, 5.74) is 1.20. The number of amides is 3. The highest BCUT2D eigenvalue weighted by Gasteiger charge is 2.13. The maximum Gasteiger partial charge on any atom is 0.325 e. The molecule has 0 saturated carbocycles. The molecule has 0 aliphatic carbocycles. The van der Waals surface area contributed by atoms with E-state index in [0.717, 1.165) is 11.3 Å². The number of anilines is 3. The first-order chi connectivity index (χ1) is 13.0. The third kappa shape index (κ3) is 5.02. The Morgan fingerprint density at radius 1 is 0.963 bits per heavy atom. The van der Waals surface area contributed by atoms with E-state index in [9.17, 15) is 14.0 Å². The van der Waals surface area contributed by atoms with Crippen molar-refractivity contribution in [2.45, 2.75) is 0 Å². The topological polar surface area (TPSA) is 92.4 Å². The number of nitrogens with one attached hydrogen (secondary N) is 3. The number of rotatable bonds is 5. The van der Waals surface area contributed by atoms with Gasteiger partial charge in [-0.05, 0) is 48.5 Å². The van der Waals surface area contributed by atoms with Crippen LogP contribution in [0, 0.1) is 5.82 Å². The number of hydrogen-bond donors (Lipinski definition) is 3. The second-order valence-corrected chi connectivity index (χ2v) is 6.16. The Morgan fingerprint density at radius 2 is 1.59 bits per heavy atom. The normalized spacial score (nSPS) is 10.1. The summed E-state index contributed by atoms with van der Waals surface area (Å²) in [7, 11) is 1.56. The summed E-state index contributed by atoms with van der Waals surface area (Å²) in [6, 6.07) is 11.7. The van der Waals surface area contributed by atoms with Gasteiger partial charge in [-0.15, -0.1) is 11.3 Å². The standard InChI is InChI=1S/C18H15FN4O3S/c1-26-14-8-6-12(7-9-14)20-16(24)15-10-27-18(22-15)23-17(25)21-13-4-2-11(19)3-5-13/h2-10H,1H3,(H,20,24)(H2,21,22,23,25). The number of methoxy groups -OCH3 is 1. The summed E-state index contributed by atoms with van der Waals surface area (Å²) in [6.45, 7) is 0. The van der Waals surface area contributed by atoms with Gasteiger partial charge in [0.25, 0.3) is 5.91 Å². The van der Waals surface area contributed by atoms with Gasteiger partial charge in [0, 0.05) is 16.8 Å². The minimum atomic E-state index is -0.543. The van der Waals surface area contributed by atoms with Gasteiger partial charge in [-0.2, -0.15) is 0 Å². The Morgan fingerprint density at radius 3 is 2.26 bits per heavy atom. The van der Waals surface area contributed by atoms with Crippen LogP contribution < -0.4 is 20.7 Å². The zero-order valence-corrected chi connectivity index (χ0v) is 15.0. The van der Waals surface area contributed by atoms with E-state index in [1.807, 2.05) is 0 Å². The number of thiazole rings is 1. The molecule has 27 heavy (non-hydrogen) atoms. The van der Waals surface area contributed by atoms with Gasteiger partial charge < -0.3 is 15.4 Å². The van der Waals surface area contributed by atoms with E-state index in [1.54, 1.807) is 31.4 Å². The van der Waals surface area contributed by atoms with Crippen LogP contribution in [0.2, 0.25) is 0 Å². The number of halogens is 1. The molecule has 3 rings (SSSR count). The zero-order valence-electron chi connectivity index (χ0n) is 14.2. The minimum Gasteiger partial charge on any atom is -0.497 e. The quantitative estimate of drug-likeness (QED) is 0.613. The third-order valence-electron chi connectivity index (χ3n) is 3.41. The molecule has 0 fully saturated rings. The number of ether oxygens (including phenoxy) is 1. The van der Waals surface area contributed by atoms with Gasteiger partial charge in [-0.3, -0.25) is 10.1 Å². The minimum absolute atomic E-state index is 0.174. The summed E-state index contributed by atoms with van der Waals surface area (Å²) in [4.78, 5) is 28.2. The summed E-state index contributed by atoms with van der Waals surface area (Å²) in [5, 5.41) is 9.57. The molecular weight excluding hydrogens is 371 g/mol. The molecule has 0 aliphatic rings. The predicted molar refractivity (Wildman–Crippen MR) is 102 cm³/mol. The van der Waals surface area contributed by atoms with Crippen molar-refractivity contribution in [2.75, 3.05) is 23.1 Å². The van der Waals surface area contributed by atoms with Crippen LogP contribution in [-0.4, -0.2) is 24.0 Å². The number of aromatic nitrogens is 1. The van der Waals surface area contributed by atoms with Gasteiger partial charge in [0.05, 0.1) is 7.11 Å². The number of hydrogen-bond acceptors (Lipinski definition) is 5. The lowest BCUT2D eigenvalue weighted by atomic mass is 10.3. The van der Waals surface area contributed by atoms with Crippen LogP contribution in [0.15, 0.2) is 53.9 Å². The van der Waals surface area contributed by atoms with Crippen molar-refractivity contribution in [3.05, 3.63) is 65.4 Å². The molecule has 1 aromatic heterocycles. The van der Waals surface area contributed by atoms with E-state index in [1.165, 1.54) is 29.6 Å². The molecule has 3 amide bonds. The molecular formula is C18H15FN4O3S. The van der Waals surface area contributed by atoms with E-state index < -0.39 is 17.8 Å². The molecule has 1 heterocycles. The van der Waals surface area contributed by atoms with Crippen molar-refractivity contribution in [1.82, 2.24) is 4.98 Å². The molecule has 0 aliphatic heterocycles. The molecule has 0 atom stereocenters. The smallest absolute Gasteiger partial charge is 0.325 e. The number of nitrogens with zero attached hydrogens (tertiary/aromatic N) is 1. The summed E-state index contributed by atoms with van der Waals surface area (Å²) in [5.74, 6) is -0.114. The zero-order chi connectivity index (χ0) is 19.2. The first-order valence-corrected chi connectivity index (χ1v) is 8.66. The fraction of sp³-hybridized carbons (Fsp3) is 0.0556. The molecule has 0 saturated heterocycles. The number of carbonyl (C=O) groups excluding carboxylic acids is 2. The second-order valence-electron chi connectivity index (χ2n) is 5.31. The number of urea groups is 1. The van der Waals surface area contributed by atoms with Crippen molar-refractivity contribution in [1.29, 1.82) is 0 Å². The monoisotopic (exact) mass is 386 g/mol. The fourth-order valence-electron chi connectivity index (χ4n) is 2.10. The highest BCUT2D eigenvalue weighted by molar-refractivity contribution is 7.14. The average molecular weight is 386 g/mol. The second kappa shape index (κ2) is 8.28. The fourth-order valence-corrected chi connectivity index (χ4v) is 2.78. The molecule has 0 bridgehead atoms. The third-order valence-corrected chi connectivity index (χ3v) is 4.16. The van der Waals surface area contributed by atoms with Gasteiger partial charge in [0.1, 0.15) is 17.3 Å². The Kier molecular flexibility index (Phi) is 5.62. The molecule has 0 unspecified atom stereocenters. The first-order valence-electron chi connectivity index (χ1n) is 7.78. The van der Waals surface area contributed by atoms with Crippen LogP contribution in [-0.2, 0) is 0 Å². The predicted octanol–water partition coefficient (Wildman–Crippen LogP) is 4.19. The van der Waals surface area contributed by atoms with Crippen LogP contribution in [0.3, 0.4) is 0 Å². The Labute approximate surface area is 158 Å². The molecule has 2 aromatic carbocycles. The Hall–Kier alpha value is -3.46. The molecule has 3 aromatic rings. The SMILES string of the molecule is COc1ccc(NC(=O)c2csc(NC(=O)Nc3ccc(F)cc3)n2)cc1. The van der Waals surface area contributed by atoms with E-state index in [4.69, 9.17) is 4.74 Å². The van der Waals surface area contributed by atoms with Crippen LogP contribution >= 0.6 is 11.3 Å². The van der Waals surface area contributed by atoms with Crippen LogP contribution in [0.5, 0.6) is 5.75 Å². The lowest BCUT2D eigenvalue weighted by Crippen LogP contribution is -2.19. The Bertz CT molecular complexity index is 942. The van der Waals surface area contributed by atoms with Crippen molar-refractivity contribution in [3.8, 4) is 5.75 Å². The molecule has 9 heteroatoms. The van der Waals surface area contributed by atoms with E-state index >= 15 is 0 Å². The van der Waals surface area contributed by atoms with Crippen molar-refractivity contribution >= 4 is 39.8 Å². The maximum atomic E-state index is 12.9. The van der Waals surface area contributed by atoms with Crippen LogP contribution in [0.4, 0.5) is 25.7 Å². The van der Waals surface area contributed by atoms with Crippen molar-refractivity contribution < 1.29 is 18.7 Å². The largest absolute Gasteiger partial charge is 0.497 e. The van der Waals surface area contributed by atoms with Gasteiger partial charge >= 0.3 is 6.03 Å². The first kappa shape index (κ1) is 18.3. The van der Waals surface area contributed by atoms with Crippen molar-refractivity contribution in [2.24, 2.45) is 0 Å². The van der Waals surface area contributed by atoms with Gasteiger partial charge in [-0.1, -0.05) is 0 Å². The highest BCUT2D eigenvalue weighted by Crippen LogP contribution is 2.19. The number of benzene rings is 2. The lowest BCUT2D eigenvalue weighted by molar-refractivity contribution is 0.102. The highest BCUT2D eigenvalue weighted by atomic mass is 32.1. The van der Waals surface area contributed by atoms with Gasteiger partial charge in [0.2, 0.25) is 0 Å². The Balaban J connectivity index is 1.57.